The zero-order valence-corrected chi connectivity index (χ0v) is 20.1. The highest BCUT2D eigenvalue weighted by molar-refractivity contribution is 5.98. The maximum absolute atomic E-state index is 12.0. The number of allylic oxidation sites excluding steroid dienone is 3. The minimum atomic E-state index is -0.0300. The molecule has 0 aliphatic carbocycles. The summed E-state index contributed by atoms with van der Waals surface area (Å²) in [5.41, 5.74) is 10.2. The molecule has 0 bridgehead atoms. The van der Waals surface area contributed by atoms with Gasteiger partial charge >= 0.3 is 0 Å². The molecule has 0 aromatic heterocycles. The van der Waals surface area contributed by atoms with Gasteiger partial charge in [-0.3, -0.25) is 9.59 Å². The third-order valence-electron chi connectivity index (χ3n) is 5.59. The van der Waals surface area contributed by atoms with Crippen LogP contribution in [0.5, 0.6) is 0 Å². The summed E-state index contributed by atoms with van der Waals surface area (Å²) in [6.45, 7) is 8.12. The van der Waals surface area contributed by atoms with Gasteiger partial charge in [0, 0.05) is 29.1 Å². The molecule has 0 amide bonds. The second-order valence-electron chi connectivity index (χ2n) is 8.42. The molecular formula is C27H42N2O2. The summed E-state index contributed by atoms with van der Waals surface area (Å²) in [4.78, 5) is 23.1. The number of carbonyl (C=O) groups excluding carboxylic acids is 2. The van der Waals surface area contributed by atoms with E-state index in [1.165, 1.54) is 70.8 Å². The van der Waals surface area contributed by atoms with E-state index in [-0.39, 0.29) is 11.6 Å². The number of nitrogens with two attached hydrogens (primary N) is 1. The molecule has 3 N–H and O–H groups in total. The van der Waals surface area contributed by atoms with Crippen LogP contribution in [0.2, 0.25) is 0 Å². The Bertz CT molecular complexity index is 763. The molecule has 0 fully saturated rings. The van der Waals surface area contributed by atoms with E-state index < -0.39 is 0 Å². The lowest BCUT2D eigenvalue weighted by Gasteiger charge is -2.17. The summed E-state index contributed by atoms with van der Waals surface area (Å²) < 4.78 is 0. The number of nitrogens with one attached hydrogen (secondary N) is 1. The fraction of sp³-hybridized carbons (Fsp3) is 0.556. The van der Waals surface area contributed by atoms with Gasteiger partial charge < -0.3 is 11.1 Å². The summed E-state index contributed by atoms with van der Waals surface area (Å²) in [6, 6.07) is 3.80. The number of unbranched alkanes of at least 4 members (excludes halogenated alkanes) is 9. The lowest BCUT2D eigenvalue weighted by Crippen LogP contribution is -2.10. The van der Waals surface area contributed by atoms with Crippen molar-refractivity contribution in [3.8, 4) is 0 Å². The second-order valence-corrected chi connectivity index (χ2v) is 8.42. The molecule has 1 aromatic carbocycles. The van der Waals surface area contributed by atoms with E-state index >= 15 is 0 Å². The van der Waals surface area contributed by atoms with Gasteiger partial charge in [0.25, 0.3) is 0 Å². The van der Waals surface area contributed by atoms with Gasteiger partial charge in [0.2, 0.25) is 0 Å². The van der Waals surface area contributed by atoms with Crippen molar-refractivity contribution in [1.82, 2.24) is 0 Å². The molecule has 0 unspecified atom stereocenters. The average molecular weight is 427 g/mol. The molecule has 0 saturated carbocycles. The van der Waals surface area contributed by atoms with Crippen molar-refractivity contribution in [3.05, 3.63) is 47.1 Å². The first-order valence-electron chi connectivity index (χ1n) is 11.9. The van der Waals surface area contributed by atoms with Crippen LogP contribution in [0, 0.1) is 6.92 Å². The van der Waals surface area contributed by atoms with Crippen LogP contribution in [0.1, 0.15) is 106 Å². The molecule has 0 aliphatic heterocycles. The van der Waals surface area contributed by atoms with Crippen molar-refractivity contribution in [2.75, 3.05) is 11.9 Å². The van der Waals surface area contributed by atoms with Crippen LogP contribution >= 0.6 is 0 Å². The van der Waals surface area contributed by atoms with Crippen molar-refractivity contribution in [3.63, 3.8) is 0 Å². The number of hydrogen-bond donors (Lipinski definition) is 2. The van der Waals surface area contributed by atoms with E-state index in [1.54, 1.807) is 19.1 Å². The van der Waals surface area contributed by atoms with E-state index in [0.717, 1.165) is 29.8 Å². The van der Waals surface area contributed by atoms with Crippen molar-refractivity contribution in [2.24, 2.45) is 5.73 Å². The Hall–Kier alpha value is -2.36. The van der Waals surface area contributed by atoms with Gasteiger partial charge in [0.05, 0.1) is 0 Å². The van der Waals surface area contributed by atoms with Gasteiger partial charge in [0.15, 0.2) is 11.6 Å². The maximum Gasteiger partial charge on any atom is 0.160 e. The molecule has 4 nitrogen and oxygen atoms in total. The Kier molecular flexibility index (Phi) is 13.3. The molecule has 0 atom stereocenters. The maximum atomic E-state index is 12.0. The zero-order chi connectivity index (χ0) is 23.1. The Morgan fingerprint density at radius 3 is 2.06 bits per heavy atom. The molecule has 0 saturated heterocycles. The smallest absolute Gasteiger partial charge is 0.160 e. The quantitative estimate of drug-likeness (QED) is 0.129. The summed E-state index contributed by atoms with van der Waals surface area (Å²) in [5.74, 6) is -0.00959. The van der Waals surface area contributed by atoms with Crippen molar-refractivity contribution >= 4 is 23.0 Å². The van der Waals surface area contributed by atoms with E-state index in [9.17, 15) is 9.59 Å². The highest BCUT2D eigenvalue weighted by Crippen LogP contribution is 2.28. The average Bonchev–Trinajstić information content (AvgIpc) is 2.71. The first-order valence-corrected chi connectivity index (χ1v) is 11.9. The normalized spacial score (nSPS) is 11.8. The number of hydrogen-bond acceptors (Lipinski definition) is 4. The minimum absolute atomic E-state index is 0.0204. The van der Waals surface area contributed by atoms with Gasteiger partial charge in [-0.05, 0) is 57.0 Å². The SMILES string of the molecule is CCCCCCCCCCCCNc1ccc(C(C)=O)c(C)c1/C(N)=C\C=C\C(C)=O. The van der Waals surface area contributed by atoms with Crippen LogP contribution in [-0.2, 0) is 4.79 Å². The van der Waals surface area contributed by atoms with Gasteiger partial charge in [-0.2, -0.15) is 0 Å². The highest BCUT2D eigenvalue weighted by Gasteiger charge is 2.14. The van der Waals surface area contributed by atoms with E-state index in [4.69, 9.17) is 5.73 Å². The Morgan fingerprint density at radius 1 is 0.935 bits per heavy atom. The van der Waals surface area contributed by atoms with Crippen LogP contribution < -0.4 is 11.1 Å². The summed E-state index contributed by atoms with van der Waals surface area (Å²) in [6.07, 6.45) is 17.9. The standard InChI is InChI=1S/C27H42N2O2/c1-5-6-7-8-9-10-11-12-13-14-20-29-26-19-18-24(23(4)31)22(3)27(26)25(28)17-15-16-21(2)30/h15-19,29H,5-14,20,28H2,1-4H3/b16-15+,25-17+. The van der Waals surface area contributed by atoms with Crippen LogP contribution in [-0.4, -0.2) is 18.1 Å². The lowest BCUT2D eigenvalue weighted by molar-refractivity contribution is -0.112. The summed E-state index contributed by atoms with van der Waals surface area (Å²) in [7, 11) is 0. The van der Waals surface area contributed by atoms with E-state index in [0.29, 0.717) is 11.3 Å². The largest absolute Gasteiger partial charge is 0.398 e. The van der Waals surface area contributed by atoms with Gasteiger partial charge in [-0.1, -0.05) is 70.8 Å². The molecule has 31 heavy (non-hydrogen) atoms. The first kappa shape index (κ1) is 26.7. The number of Topliss-reactive ketones (excluding diaryl/α,β-unsaturated/α-hetero) is 1. The summed E-state index contributed by atoms with van der Waals surface area (Å²) >= 11 is 0. The summed E-state index contributed by atoms with van der Waals surface area (Å²) in [5, 5.41) is 3.50. The molecule has 0 radical (unpaired) electrons. The Morgan fingerprint density at radius 2 is 1.52 bits per heavy atom. The van der Waals surface area contributed by atoms with Gasteiger partial charge in [0.1, 0.15) is 0 Å². The minimum Gasteiger partial charge on any atom is -0.398 e. The Balaban J connectivity index is 2.62. The van der Waals surface area contributed by atoms with Crippen LogP contribution in [0.25, 0.3) is 5.70 Å². The number of benzene rings is 1. The first-order chi connectivity index (χ1) is 14.9. The van der Waals surface area contributed by atoms with Gasteiger partial charge in [-0.15, -0.1) is 0 Å². The fourth-order valence-electron chi connectivity index (χ4n) is 3.82. The number of carbonyl (C=O) groups is 2. The van der Waals surface area contributed by atoms with E-state index in [2.05, 4.69) is 12.2 Å². The lowest BCUT2D eigenvalue weighted by atomic mass is 9.95. The predicted molar refractivity (Wildman–Crippen MR) is 134 cm³/mol. The van der Waals surface area contributed by atoms with Crippen LogP contribution in [0.15, 0.2) is 30.4 Å². The number of anilines is 1. The topological polar surface area (TPSA) is 72.2 Å². The molecule has 0 heterocycles. The predicted octanol–water partition coefficient (Wildman–Crippen LogP) is 6.98. The molecular weight excluding hydrogens is 384 g/mol. The highest BCUT2D eigenvalue weighted by atomic mass is 16.1. The Labute approximate surface area is 189 Å². The number of ketones is 2. The van der Waals surface area contributed by atoms with Gasteiger partial charge in [-0.25, -0.2) is 0 Å². The molecule has 4 heteroatoms. The molecule has 172 valence electrons. The van der Waals surface area contributed by atoms with E-state index in [1.807, 2.05) is 19.1 Å². The monoisotopic (exact) mass is 426 g/mol. The van der Waals surface area contributed by atoms with Crippen LogP contribution in [0.3, 0.4) is 0 Å². The second kappa shape index (κ2) is 15.4. The molecule has 1 aromatic rings. The van der Waals surface area contributed by atoms with Crippen molar-refractivity contribution in [1.29, 1.82) is 0 Å². The molecule has 1 rings (SSSR count). The van der Waals surface area contributed by atoms with Crippen molar-refractivity contribution < 1.29 is 9.59 Å². The third-order valence-corrected chi connectivity index (χ3v) is 5.59. The third kappa shape index (κ3) is 10.5. The zero-order valence-electron chi connectivity index (χ0n) is 20.1. The molecule has 0 aliphatic rings. The van der Waals surface area contributed by atoms with Crippen molar-refractivity contribution in [2.45, 2.75) is 91.9 Å². The number of rotatable bonds is 16. The van der Waals surface area contributed by atoms with Crippen LogP contribution in [0.4, 0.5) is 5.69 Å². The fourth-order valence-corrected chi connectivity index (χ4v) is 3.82. The molecule has 0 spiro atoms.